The molecule has 1 atom stereocenters. The van der Waals surface area contributed by atoms with Crippen molar-refractivity contribution in [1.29, 1.82) is 0 Å². The maximum absolute atomic E-state index is 11.6. The summed E-state index contributed by atoms with van der Waals surface area (Å²) in [6.45, 7) is 1.78. The van der Waals surface area contributed by atoms with Crippen LogP contribution in [-0.2, 0) is 0 Å². The van der Waals surface area contributed by atoms with Crippen LogP contribution in [0.2, 0.25) is 5.02 Å². The molecule has 70 valence electrons. The zero-order valence-corrected chi connectivity index (χ0v) is 10.8. The first-order valence-electron chi connectivity index (χ1n) is 3.66. The van der Waals surface area contributed by atoms with Crippen molar-refractivity contribution in [2.75, 3.05) is 0 Å². The number of ketones is 1. The minimum Gasteiger partial charge on any atom is -0.293 e. The molecule has 1 aromatic carbocycles. The van der Waals surface area contributed by atoms with Gasteiger partial charge in [0.1, 0.15) is 0 Å². The van der Waals surface area contributed by atoms with E-state index in [4.69, 9.17) is 11.6 Å². The summed E-state index contributed by atoms with van der Waals surface area (Å²) in [4.78, 5) is 11.4. The number of alkyl halides is 1. The summed E-state index contributed by atoms with van der Waals surface area (Å²) in [5.41, 5.74) is 0.536. The summed E-state index contributed by atoms with van der Waals surface area (Å²) in [7, 11) is 0. The van der Waals surface area contributed by atoms with Gasteiger partial charge in [-0.3, -0.25) is 4.79 Å². The summed E-state index contributed by atoms with van der Waals surface area (Å²) in [5.74, 6) is -0.0162. The SMILES string of the molecule is CC(Br)C(=O)c1c(Cl)cccc1Br. The smallest absolute Gasteiger partial charge is 0.178 e. The van der Waals surface area contributed by atoms with Crippen LogP contribution in [0.15, 0.2) is 22.7 Å². The van der Waals surface area contributed by atoms with E-state index < -0.39 is 0 Å². The van der Waals surface area contributed by atoms with Crippen molar-refractivity contribution in [1.82, 2.24) is 0 Å². The van der Waals surface area contributed by atoms with Crippen LogP contribution in [0, 0.1) is 0 Å². The molecule has 0 aliphatic rings. The van der Waals surface area contributed by atoms with E-state index in [0.717, 1.165) is 4.47 Å². The van der Waals surface area contributed by atoms with Crippen LogP contribution < -0.4 is 0 Å². The van der Waals surface area contributed by atoms with Gasteiger partial charge in [0, 0.05) is 4.47 Å². The zero-order chi connectivity index (χ0) is 10.0. The van der Waals surface area contributed by atoms with Crippen LogP contribution >= 0.6 is 43.5 Å². The van der Waals surface area contributed by atoms with Crippen molar-refractivity contribution in [2.24, 2.45) is 0 Å². The Morgan fingerprint density at radius 1 is 1.54 bits per heavy atom. The first kappa shape index (κ1) is 11.2. The van der Waals surface area contributed by atoms with Gasteiger partial charge in [0.05, 0.1) is 15.4 Å². The van der Waals surface area contributed by atoms with Crippen LogP contribution in [-0.4, -0.2) is 10.6 Å². The van der Waals surface area contributed by atoms with Crippen LogP contribution in [0.4, 0.5) is 0 Å². The van der Waals surface area contributed by atoms with Gasteiger partial charge in [-0.25, -0.2) is 0 Å². The molecule has 0 aromatic heterocycles. The Morgan fingerprint density at radius 3 is 2.62 bits per heavy atom. The highest BCUT2D eigenvalue weighted by Crippen LogP contribution is 2.27. The first-order chi connectivity index (χ1) is 6.04. The van der Waals surface area contributed by atoms with Gasteiger partial charge in [-0.1, -0.05) is 33.6 Å². The number of hydrogen-bond acceptors (Lipinski definition) is 1. The lowest BCUT2D eigenvalue weighted by atomic mass is 10.1. The number of carbonyl (C=O) groups is 1. The van der Waals surface area contributed by atoms with Crippen molar-refractivity contribution >= 4 is 49.2 Å². The molecule has 13 heavy (non-hydrogen) atoms. The Balaban J connectivity index is 3.20. The fourth-order valence-electron chi connectivity index (χ4n) is 0.932. The van der Waals surface area contributed by atoms with E-state index in [1.165, 1.54) is 0 Å². The standard InChI is InChI=1S/C9H7Br2ClO/c1-5(10)9(13)8-6(11)3-2-4-7(8)12/h2-5H,1H3. The van der Waals surface area contributed by atoms with Gasteiger partial charge < -0.3 is 0 Å². The maximum Gasteiger partial charge on any atom is 0.178 e. The van der Waals surface area contributed by atoms with Gasteiger partial charge in [-0.15, -0.1) is 0 Å². The van der Waals surface area contributed by atoms with Crippen LogP contribution in [0.3, 0.4) is 0 Å². The molecular weight excluding hydrogens is 319 g/mol. The van der Waals surface area contributed by atoms with Gasteiger partial charge in [-0.05, 0) is 35.0 Å². The average Bonchev–Trinajstić information content (AvgIpc) is 2.03. The van der Waals surface area contributed by atoms with Crippen molar-refractivity contribution < 1.29 is 4.79 Å². The molecule has 1 nitrogen and oxygen atoms in total. The summed E-state index contributed by atoms with van der Waals surface area (Å²) in [5, 5.41) is 0.477. The number of halogens is 3. The molecule has 0 saturated carbocycles. The largest absolute Gasteiger partial charge is 0.293 e. The van der Waals surface area contributed by atoms with E-state index in [1.54, 1.807) is 25.1 Å². The van der Waals surface area contributed by atoms with E-state index >= 15 is 0 Å². The second-order valence-corrected chi connectivity index (χ2v) is 5.21. The lowest BCUT2D eigenvalue weighted by molar-refractivity contribution is 0.0995. The molecule has 0 aliphatic carbocycles. The highest BCUT2D eigenvalue weighted by Gasteiger charge is 2.17. The fourth-order valence-corrected chi connectivity index (χ4v) is 2.10. The minimum absolute atomic E-state index is 0.0162. The van der Waals surface area contributed by atoms with E-state index in [-0.39, 0.29) is 10.6 Å². The molecule has 0 saturated heterocycles. The summed E-state index contributed by atoms with van der Waals surface area (Å²) in [6.07, 6.45) is 0. The number of rotatable bonds is 2. The van der Waals surface area contributed by atoms with E-state index in [1.807, 2.05) is 0 Å². The molecule has 0 amide bonds. The first-order valence-corrected chi connectivity index (χ1v) is 5.75. The average molecular weight is 326 g/mol. The van der Waals surface area contributed by atoms with Gasteiger partial charge in [0.25, 0.3) is 0 Å². The van der Waals surface area contributed by atoms with Gasteiger partial charge in [0.2, 0.25) is 0 Å². The Hall–Kier alpha value is 0.140. The Morgan fingerprint density at radius 2 is 2.15 bits per heavy atom. The monoisotopic (exact) mass is 324 g/mol. The predicted octanol–water partition coefficient (Wildman–Crippen LogP) is 4.07. The molecule has 0 fully saturated rings. The second kappa shape index (κ2) is 4.58. The topological polar surface area (TPSA) is 17.1 Å². The molecule has 1 aromatic rings. The lowest BCUT2D eigenvalue weighted by Gasteiger charge is -2.06. The number of carbonyl (C=O) groups excluding carboxylic acids is 1. The zero-order valence-electron chi connectivity index (χ0n) is 6.85. The number of Topliss-reactive ketones (excluding diaryl/α,β-unsaturated/α-hetero) is 1. The molecular formula is C9H7Br2ClO. The third-order valence-corrected chi connectivity index (χ3v) is 2.96. The lowest BCUT2D eigenvalue weighted by Crippen LogP contribution is -2.11. The normalized spacial score (nSPS) is 12.6. The van der Waals surface area contributed by atoms with Gasteiger partial charge in [-0.2, -0.15) is 0 Å². The third-order valence-electron chi connectivity index (χ3n) is 1.57. The summed E-state index contributed by atoms with van der Waals surface area (Å²) < 4.78 is 0.733. The number of benzene rings is 1. The van der Waals surface area contributed by atoms with Crippen LogP contribution in [0.5, 0.6) is 0 Å². The van der Waals surface area contributed by atoms with Crippen LogP contribution in [0.25, 0.3) is 0 Å². The molecule has 4 heteroatoms. The van der Waals surface area contributed by atoms with E-state index in [0.29, 0.717) is 10.6 Å². The van der Waals surface area contributed by atoms with Gasteiger partial charge >= 0.3 is 0 Å². The third kappa shape index (κ3) is 2.55. The van der Waals surface area contributed by atoms with Crippen molar-refractivity contribution in [3.63, 3.8) is 0 Å². The summed E-state index contributed by atoms with van der Waals surface area (Å²) in [6, 6.07) is 5.30. The quantitative estimate of drug-likeness (QED) is 0.591. The molecule has 0 heterocycles. The molecule has 1 unspecified atom stereocenters. The molecule has 0 radical (unpaired) electrons. The van der Waals surface area contributed by atoms with Crippen molar-refractivity contribution in [2.45, 2.75) is 11.8 Å². The Labute approximate surface area is 98.7 Å². The molecule has 0 bridgehead atoms. The molecule has 0 spiro atoms. The van der Waals surface area contributed by atoms with E-state index in [9.17, 15) is 4.79 Å². The number of hydrogen-bond donors (Lipinski definition) is 0. The van der Waals surface area contributed by atoms with Crippen molar-refractivity contribution in [3.8, 4) is 0 Å². The molecule has 0 N–H and O–H groups in total. The molecule has 1 rings (SSSR count). The Kier molecular flexibility index (Phi) is 3.95. The van der Waals surface area contributed by atoms with Gasteiger partial charge in [0.15, 0.2) is 5.78 Å². The highest BCUT2D eigenvalue weighted by molar-refractivity contribution is 9.10. The summed E-state index contributed by atoms with van der Waals surface area (Å²) >= 11 is 12.4. The minimum atomic E-state index is -0.219. The fraction of sp³-hybridized carbons (Fsp3) is 0.222. The second-order valence-electron chi connectivity index (χ2n) is 2.58. The van der Waals surface area contributed by atoms with E-state index in [2.05, 4.69) is 31.9 Å². The van der Waals surface area contributed by atoms with Crippen LogP contribution in [0.1, 0.15) is 17.3 Å². The Bertz CT molecular complexity index is 316. The molecule has 0 aliphatic heterocycles. The highest BCUT2D eigenvalue weighted by atomic mass is 79.9. The maximum atomic E-state index is 11.6. The predicted molar refractivity (Wildman–Crippen MR) is 61.9 cm³/mol. The van der Waals surface area contributed by atoms with Crippen molar-refractivity contribution in [3.05, 3.63) is 33.3 Å².